The fourth-order valence-electron chi connectivity index (χ4n) is 9.23. The Morgan fingerprint density at radius 1 is 1.06 bits per heavy atom. The lowest BCUT2D eigenvalue weighted by Gasteiger charge is -2.47. The molecular formula is C38H50FN7O5. The van der Waals surface area contributed by atoms with E-state index in [1.165, 1.54) is 7.11 Å². The Balaban J connectivity index is 1.22. The van der Waals surface area contributed by atoms with Crippen LogP contribution >= 0.6 is 0 Å². The molecule has 4 fully saturated rings. The molecule has 3 unspecified atom stereocenters. The molecule has 274 valence electrons. The number of nitrogens with one attached hydrogen (secondary N) is 1. The number of ether oxygens (including phenoxy) is 4. The minimum Gasteiger partial charge on any atom is -0.480 e. The minimum absolute atomic E-state index is 0.0206. The Labute approximate surface area is 298 Å². The summed E-state index contributed by atoms with van der Waals surface area (Å²) in [5, 5.41) is 19.5. The molecule has 0 radical (unpaired) electrons. The van der Waals surface area contributed by atoms with Crippen molar-refractivity contribution in [2.75, 3.05) is 71.2 Å². The zero-order valence-electron chi connectivity index (χ0n) is 30.3. The number of halogens is 1. The van der Waals surface area contributed by atoms with Gasteiger partial charge in [-0.3, -0.25) is 10.00 Å². The quantitative estimate of drug-likeness (QED) is 0.246. The summed E-state index contributed by atoms with van der Waals surface area (Å²) in [5.41, 5.74) is 2.28. The molecule has 3 aliphatic heterocycles. The Bertz CT molecular complexity index is 1910. The third kappa shape index (κ3) is 6.40. The monoisotopic (exact) mass is 703 g/mol. The highest BCUT2D eigenvalue weighted by atomic mass is 19.1. The molecule has 2 N–H and O–H groups in total. The van der Waals surface area contributed by atoms with Gasteiger partial charge in [0.15, 0.2) is 5.82 Å². The van der Waals surface area contributed by atoms with Gasteiger partial charge in [0, 0.05) is 48.7 Å². The number of aromatic amines is 1. The number of rotatable bonds is 8. The zero-order chi connectivity index (χ0) is 35.3. The van der Waals surface area contributed by atoms with Gasteiger partial charge in [-0.1, -0.05) is 6.42 Å². The van der Waals surface area contributed by atoms with Crippen LogP contribution < -0.4 is 14.4 Å². The number of piperidine rings is 1. The molecule has 13 heteroatoms. The SMILES string of the molecule is COc1nc(-c2c(C)c(C)cc3[nH]ncc23)c(F)c2nc(OCC34CCCC3N(CC3CCOCC3)CCC4)nc(N3CCOCC(C)(O)C3)c12. The van der Waals surface area contributed by atoms with Gasteiger partial charge < -0.3 is 29.0 Å². The van der Waals surface area contributed by atoms with Crippen LogP contribution in [0.5, 0.6) is 11.9 Å². The third-order valence-corrected chi connectivity index (χ3v) is 11.9. The molecule has 3 atom stereocenters. The summed E-state index contributed by atoms with van der Waals surface area (Å²) in [7, 11) is 1.52. The smallest absolute Gasteiger partial charge is 0.319 e. The first-order chi connectivity index (χ1) is 24.7. The van der Waals surface area contributed by atoms with Crippen LogP contribution in [0, 0.1) is 31.0 Å². The molecule has 12 nitrogen and oxygen atoms in total. The van der Waals surface area contributed by atoms with Crippen molar-refractivity contribution in [2.45, 2.75) is 77.4 Å². The van der Waals surface area contributed by atoms with Crippen LogP contribution in [0.4, 0.5) is 10.2 Å². The van der Waals surface area contributed by atoms with Crippen LogP contribution in [-0.4, -0.2) is 113 Å². The normalized spacial score (nSPS) is 26.5. The number of benzene rings is 1. The van der Waals surface area contributed by atoms with E-state index in [1.807, 2.05) is 24.8 Å². The van der Waals surface area contributed by atoms with Crippen LogP contribution in [-0.2, 0) is 9.47 Å². The van der Waals surface area contributed by atoms with E-state index in [0.717, 1.165) is 93.3 Å². The predicted molar refractivity (Wildman–Crippen MR) is 192 cm³/mol. The summed E-state index contributed by atoms with van der Waals surface area (Å²) in [6.45, 7) is 11.2. The second-order valence-corrected chi connectivity index (χ2v) is 15.5. The van der Waals surface area contributed by atoms with Gasteiger partial charge in [0.2, 0.25) is 5.88 Å². The van der Waals surface area contributed by atoms with Gasteiger partial charge in [0.25, 0.3) is 0 Å². The number of fused-ring (bicyclic) bond motifs is 3. The number of H-pyrrole nitrogens is 1. The number of anilines is 1. The fraction of sp³-hybridized carbons (Fsp3) is 0.632. The lowest BCUT2D eigenvalue weighted by Crippen LogP contribution is -2.53. The molecule has 6 heterocycles. The van der Waals surface area contributed by atoms with Crippen molar-refractivity contribution in [1.29, 1.82) is 0 Å². The van der Waals surface area contributed by atoms with Crippen molar-refractivity contribution >= 4 is 27.6 Å². The summed E-state index contributed by atoms with van der Waals surface area (Å²) in [5.74, 6) is 0.662. The third-order valence-electron chi connectivity index (χ3n) is 11.9. The van der Waals surface area contributed by atoms with Crippen LogP contribution in [0.25, 0.3) is 33.1 Å². The number of hydrogen-bond donors (Lipinski definition) is 2. The van der Waals surface area contributed by atoms with Crippen LogP contribution in [0.3, 0.4) is 0 Å². The molecule has 1 aliphatic carbocycles. The summed E-state index contributed by atoms with van der Waals surface area (Å²) in [4.78, 5) is 19.2. The molecule has 3 aromatic heterocycles. The van der Waals surface area contributed by atoms with Crippen molar-refractivity contribution < 1.29 is 28.4 Å². The van der Waals surface area contributed by atoms with Gasteiger partial charge in [-0.05, 0) is 89.0 Å². The largest absolute Gasteiger partial charge is 0.480 e. The minimum atomic E-state index is -1.16. The summed E-state index contributed by atoms with van der Waals surface area (Å²) in [6.07, 6.45) is 9.53. The number of aromatic nitrogens is 5. The van der Waals surface area contributed by atoms with Crippen LogP contribution in [0.1, 0.15) is 63.0 Å². The van der Waals surface area contributed by atoms with E-state index in [4.69, 9.17) is 33.9 Å². The molecule has 1 saturated carbocycles. The number of methoxy groups -OCH3 is 1. The Hall–Kier alpha value is -3.65. The summed E-state index contributed by atoms with van der Waals surface area (Å²) in [6, 6.07) is 2.54. The van der Waals surface area contributed by atoms with E-state index in [1.54, 1.807) is 13.1 Å². The zero-order valence-corrected chi connectivity index (χ0v) is 30.3. The lowest BCUT2D eigenvalue weighted by atomic mass is 9.75. The van der Waals surface area contributed by atoms with Crippen molar-refractivity contribution in [3.8, 4) is 23.1 Å². The Morgan fingerprint density at radius 3 is 2.71 bits per heavy atom. The first-order valence-electron chi connectivity index (χ1n) is 18.5. The highest BCUT2D eigenvalue weighted by molar-refractivity contribution is 6.01. The van der Waals surface area contributed by atoms with E-state index in [-0.39, 0.29) is 41.7 Å². The van der Waals surface area contributed by atoms with E-state index >= 15 is 4.39 Å². The maximum atomic E-state index is 17.3. The van der Waals surface area contributed by atoms with Gasteiger partial charge in [-0.15, -0.1) is 0 Å². The van der Waals surface area contributed by atoms with Crippen LogP contribution in [0.2, 0.25) is 0 Å². The first-order valence-corrected chi connectivity index (χ1v) is 18.5. The Kier molecular flexibility index (Phi) is 9.26. The average molecular weight is 704 g/mol. The molecule has 1 aromatic carbocycles. The second-order valence-electron chi connectivity index (χ2n) is 15.5. The van der Waals surface area contributed by atoms with Crippen molar-refractivity contribution in [1.82, 2.24) is 30.0 Å². The number of nitrogens with zero attached hydrogens (tertiary/aromatic N) is 6. The highest BCUT2D eigenvalue weighted by Gasteiger charge is 2.49. The summed E-state index contributed by atoms with van der Waals surface area (Å²) >= 11 is 0. The predicted octanol–water partition coefficient (Wildman–Crippen LogP) is 5.36. The topological polar surface area (TPSA) is 131 Å². The highest BCUT2D eigenvalue weighted by Crippen LogP contribution is 2.49. The molecule has 0 amide bonds. The van der Waals surface area contributed by atoms with E-state index in [2.05, 4.69) is 15.1 Å². The maximum absolute atomic E-state index is 17.3. The van der Waals surface area contributed by atoms with Crippen LogP contribution in [0.15, 0.2) is 12.3 Å². The molecule has 0 spiro atoms. The number of β-amino-alcohol motifs (C(OH)–C–C–N with tert-alkyl or cyclic N) is 1. The molecule has 4 aliphatic rings. The van der Waals surface area contributed by atoms with Gasteiger partial charge in [0.05, 0.1) is 45.2 Å². The van der Waals surface area contributed by atoms with Gasteiger partial charge in [0.1, 0.15) is 28.0 Å². The van der Waals surface area contributed by atoms with Crippen molar-refractivity contribution in [2.24, 2.45) is 11.3 Å². The van der Waals surface area contributed by atoms with E-state index < -0.39 is 11.4 Å². The molecule has 0 bridgehead atoms. The second kappa shape index (κ2) is 13.7. The maximum Gasteiger partial charge on any atom is 0.319 e. The lowest BCUT2D eigenvalue weighted by molar-refractivity contribution is -0.0203. The summed E-state index contributed by atoms with van der Waals surface area (Å²) < 4.78 is 41.2. The van der Waals surface area contributed by atoms with Gasteiger partial charge >= 0.3 is 6.01 Å². The van der Waals surface area contributed by atoms with E-state index in [0.29, 0.717) is 48.5 Å². The number of likely N-dealkylation sites (tertiary alicyclic amines) is 1. The fourth-order valence-corrected chi connectivity index (χ4v) is 9.23. The number of hydrogen-bond acceptors (Lipinski definition) is 11. The average Bonchev–Trinajstić information content (AvgIpc) is 3.73. The molecule has 3 saturated heterocycles. The van der Waals surface area contributed by atoms with Gasteiger partial charge in [-0.25, -0.2) is 9.37 Å². The molecule has 51 heavy (non-hydrogen) atoms. The molecular weight excluding hydrogens is 653 g/mol. The Morgan fingerprint density at radius 2 is 1.88 bits per heavy atom. The molecule has 4 aromatic rings. The first kappa shape index (κ1) is 34.4. The molecule has 8 rings (SSSR count). The standard InChI is InChI=1S/C38H50FN7O5/c1-23-17-27-26(18-40-44-27)29(24(23)2)32-31(39)33-30(35(41-32)48-4)34(46-13-16-50-21-37(3,47)20-46)43-36(42-33)51-22-38-10-5-7-28(38)45(12-6-11-38)19-25-8-14-49-15-9-25/h17-18,25,28,47H,5-16,19-22H2,1-4H3,(H,40,44). The van der Waals surface area contributed by atoms with Gasteiger partial charge in [-0.2, -0.15) is 15.1 Å². The van der Waals surface area contributed by atoms with E-state index in [9.17, 15) is 5.11 Å². The number of pyridine rings is 1. The number of aliphatic hydroxyl groups is 1. The van der Waals surface area contributed by atoms with Crippen molar-refractivity contribution in [3.63, 3.8) is 0 Å². The number of aryl methyl sites for hydroxylation is 1. The van der Waals surface area contributed by atoms with Crippen molar-refractivity contribution in [3.05, 3.63) is 29.2 Å².